The maximum absolute atomic E-state index is 12.8. The van der Waals surface area contributed by atoms with Crippen LogP contribution in [0.15, 0.2) is 35.7 Å². The molecule has 6 heteroatoms. The fourth-order valence-corrected chi connectivity index (χ4v) is 3.96. The van der Waals surface area contributed by atoms with E-state index in [1.807, 2.05) is 16.3 Å². The molecule has 1 aromatic heterocycles. The van der Waals surface area contributed by atoms with E-state index in [-0.39, 0.29) is 5.91 Å². The molecule has 1 fully saturated rings. The summed E-state index contributed by atoms with van der Waals surface area (Å²) in [6, 6.07) is 11.0. The summed E-state index contributed by atoms with van der Waals surface area (Å²) in [7, 11) is 0. The van der Waals surface area contributed by atoms with Gasteiger partial charge in [0.15, 0.2) is 0 Å². The van der Waals surface area contributed by atoms with Gasteiger partial charge in [-0.2, -0.15) is 0 Å². The number of carbonyl (C=O) groups excluding carboxylic acids is 1. The summed E-state index contributed by atoms with van der Waals surface area (Å²) in [5.74, 6) is 0.0493. The van der Waals surface area contributed by atoms with Crippen LogP contribution in [0.1, 0.15) is 34.4 Å². The monoisotopic (exact) mass is 358 g/mol. The van der Waals surface area contributed by atoms with Gasteiger partial charge in [-0.3, -0.25) is 9.69 Å². The van der Waals surface area contributed by atoms with Crippen molar-refractivity contribution in [1.82, 2.24) is 14.8 Å². The first-order chi connectivity index (χ1) is 12.2. The second-order valence-corrected chi connectivity index (χ2v) is 7.49. The normalized spacial score (nSPS) is 19.0. The molecule has 0 radical (unpaired) electrons. The summed E-state index contributed by atoms with van der Waals surface area (Å²) in [4.78, 5) is 21.6. The molecule has 0 saturated carbocycles. The Morgan fingerprint density at radius 3 is 2.84 bits per heavy atom. The molecule has 0 spiro atoms. The number of hydrogen-bond acceptors (Lipinski definition) is 5. The molecule has 1 aromatic carbocycles. The van der Waals surface area contributed by atoms with Crippen molar-refractivity contribution in [3.63, 3.8) is 0 Å². The molecule has 2 N–H and O–H groups in total. The number of hydrogen-bond donors (Lipinski definition) is 1. The Bertz CT molecular complexity index is 688. The number of aromatic nitrogens is 1. The topological polar surface area (TPSA) is 62.5 Å². The lowest BCUT2D eigenvalue weighted by atomic mass is 10.1. The molecule has 2 aromatic rings. The van der Waals surface area contributed by atoms with Gasteiger partial charge in [-0.1, -0.05) is 30.3 Å². The lowest BCUT2D eigenvalue weighted by molar-refractivity contribution is 0.0756. The SMILES string of the molecule is CC1CCN(C(=O)c2csc(CCN)n2)CCN1Cc1ccccc1. The predicted molar refractivity (Wildman–Crippen MR) is 102 cm³/mol. The number of nitrogens with zero attached hydrogens (tertiary/aromatic N) is 3. The highest BCUT2D eigenvalue weighted by Crippen LogP contribution is 2.18. The first-order valence-corrected chi connectivity index (χ1v) is 9.77. The van der Waals surface area contributed by atoms with Gasteiger partial charge in [0.1, 0.15) is 5.69 Å². The van der Waals surface area contributed by atoms with Crippen molar-refractivity contribution < 1.29 is 4.79 Å². The summed E-state index contributed by atoms with van der Waals surface area (Å²) in [6.45, 7) is 6.17. The Morgan fingerprint density at radius 1 is 1.28 bits per heavy atom. The predicted octanol–water partition coefficient (Wildman–Crippen LogP) is 2.38. The third-order valence-electron chi connectivity index (χ3n) is 4.74. The molecule has 1 aliphatic heterocycles. The minimum atomic E-state index is 0.0493. The van der Waals surface area contributed by atoms with Crippen LogP contribution < -0.4 is 5.73 Å². The van der Waals surface area contributed by atoms with Crippen LogP contribution in [0, 0.1) is 0 Å². The van der Waals surface area contributed by atoms with Crippen LogP contribution in [0.5, 0.6) is 0 Å². The van der Waals surface area contributed by atoms with E-state index in [4.69, 9.17) is 5.73 Å². The lowest BCUT2D eigenvalue weighted by Gasteiger charge is -2.26. The molecule has 134 valence electrons. The summed E-state index contributed by atoms with van der Waals surface area (Å²) in [6.07, 6.45) is 1.72. The van der Waals surface area contributed by atoms with E-state index < -0.39 is 0 Å². The molecule has 1 amide bonds. The fourth-order valence-electron chi connectivity index (χ4n) is 3.17. The maximum Gasteiger partial charge on any atom is 0.273 e. The van der Waals surface area contributed by atoms with E-state index in [0.29, 0.717) is 18.3 Å². The number of amides is 1. The molecule has 2 heterocycles. The van der Waals surface area contributed by atoms with Gasteiger partial charge in [0.2, 0.25) is 0 Å². The second-order valence-electron chi connectivity index (χ2n) is 6.55. The molecule has 1 aliphatic rings. The average Bonchev–Trinajstić information content (AvgIpc) is 3.02. The van der Waals surface area contributed by atoms with Gasteiger partial charge in [0.05, 0.1) is 5.01 Å². The van der Waals surface area contributed by atoms with E-state index in [2.05, 4.69) is 41.1 Å². The third kappa shape index (κ3) is 4.66. The fraction of sp³-hybridized carbons (Fsp3) is 0.474. The Hall–Kier alpha value is -1.76. The van der Waals surface area contributed by atoms with Crippen molar-refractivity contribution in [2.45, 2.75) is 32.4 Å². The first kappa shape index (κ1) is 18.0. The van der Waals surface area contributed by atoms with Crippen molar-refractivity contribution in [2.75, 3.05) is 26.2 Å². The number of carbonyl (C=O) groups is 1. The smallest absolute Gasteiger partial charge is 0.273 e. The standard InChI is InChI=1S/C19H26N4OS/c1-15-8-10-22(19(24)17-14-25-18(21-17)7-9-20)11-12-23(15)13-16-5-3-2-4-6-16/h2-6,14-15H,7-13,20H2,1H3. The van der Waals surface area contributed by atoms with Gasteiger partial charge in [0, 0.05) is 44.0 Å². The molecule has 0 bridgehead atoms. The van der Waals surface area contributed by atoms with E-state index in [0.717, 1.165) is 44.0 Å². The highest BCUT2D eigenvalue weighted by Gasteiger charge is 2.25. The van der Waals surface area contributed by atoms with Crippen molar-refractivity contribution in [2.24, 2.45) is 5.73 Å². The Balaban J connectivity index is 1.62. The van der Waals surface area contributed by atoms with Gasteiger partial charge in [-0.05, 0) is 25.5 Å². The minimum absolute atomic E-state index is 0.0493. The van der Waals surface area contributed by atoms with Crippen molar-refractivity contribution in [1.29, 1.82) is 0 Å². The molecule has 5 nitrogen and oxygen atoms in total. The zero-order chi connectivity index (χ0) is 17.6. The molecular weight excluding hydrogens is 332 g/mol. The van der Waals surface area contributed by atoms with Crippen LogP contribution >= 0.6 is 11.3 Å². The van der Waals surface area contributed by atoms with Gasteiger partial charge in [-0.25, -0.2) is 4.98 Å². The Labute approximate surface area is 153 Å². The van der Waals surface area contributed by atoms with Crippen molar-refractivity contribution in [3.05, 3.63) is 52.0 Å². The third-order valence-corrected chi connectivity index (χ3v) is 5.65. The van der Waals surface area contributed by atoms with Gasteiger partial charge in [-0.15, -0.1) is 11.3 Å². The second kappa shape index (κ2) is 8.56. The quantitative estimate of drug-likeness (QED) is 0.891. The van der Waals surface area contributed by atoms with Crippen LogP contribution in [-0.4, -0.2) is 52.9 Å². The summed E-state index contributed by atoms with van der Waals surface area (Å²) in [5.41, 5.74) is 7.46. The van der Waals surface area contributed by atoms with E-state index in [1.54, 1.807) is 0 Å². The van der Waals surface area contributed by atoms with Crippen LogP contribution in [0.2, 0.25) is 0 Å². The molecule has 1 atom stereocenters. The van der Waals surface area contributed by atoms with Gasteiger partial charge in [0.25, 0.3) is 5.91 Å². The van der Waals surface area contributed by atoms with Crippen LogP contribution in [0.3, 0.4) is 0 Å². The molecular formula is C19H26N4OS. The number of rotatable bonds is 5. The van der Waals surface area contributed by atoms with Gasteiger partial charge < -0.3 is 10.6 Å². The minimum Gasteiger partial charge on any atom is -0.336 e. The average molecular weight is 359 g/mol. The largest absolute Gasteiger partial charge is 0.336 e. The van der Waals surface area contributed by atoms with E-state index in [9.17, 15) is 4.79 Å². The Kier molecular flexibility index (Phi) is 6.18. The zero-order valence-electron chi connectivity index (χ0n) is 14.7. The van der Waals surface area contributed by atoms with E-state index >= 15 is 0 Å². The maximum atomic E-state index is 12.8. The zero-order valence-corrected chi connectivity index (χ0v) is 15.5. The summed E-state index contributed by atoms with van der Waals surface area (Å²) < 4.78 is 0. The summed E-state index contributed by atoms with van der Waals surface area (Å²) >= 11 is 1.53. The number of benzene rings is 1. The van der Waals surface area contributed by atoms with Crippen LogP contribution in [-0.2, 0) is 13.0 Å². The number of thiazole rings is 1. The Morgan fingerprint density at radius 2 is 2.08 bits per heavy atom. The van der Waals surface area contributed by atoms with Gasteiger partial charge >= 0.3 is 0 Å². The first-order valence-electron chi connectivity index (χ1n) is 8.89. The van der Waals surface area contributed by atoms with Crippen molar-refractivity contribution in [3.8, 4) is 0 Å². The molecule has 3 rings (SSSR count). The molecule has 1 saturated heterocycles. The highest BCUT2D eigenvalue weighted by atomic mass is 32.1. The molecule has 0 aliphatic carbocycles. The van der Waals surface area contributed by atoms with Crippen LogP contribution in [0.25, 0.3) is 0 Å². The van der Waals surface area contributed by atoms with E-state index in [1.165, 1.54) is 16.9 Å². The summed E-state index contributed by atoms with van der Waals surface area (Å²) in [5, 5.41) is 2.81. The van der Waals surface area contributed by atoms with Crippen LogP contribution in [0.4, 0.5) is 0 Å². The highest BCUT2D eigenvalue weighted by molar-refractivity contribution is 7.09. The molecule has 1 unspecified atom stereocenters. The number of nitrogens with two attached hydrogens (primary N) is 1. The van der Waals surface area contributed by atoms with Crippen molar-refractivity contribution >= 4 is 17.2 Å². The lowest BCUT2D eigenvalue weighted by Crippen LogP contribution is -2.36. The molecule has 25 heavy (non-hydrogen) atoms.